The van der Waals surface area contributed by atoms with E-state index in [4.69, 9.17) is 5.21 Å². The molecule has 172 valence electrons. The maximum atomic E-state index is 12.5. The van der Waals surface area contributed by atoms with Crippen LogP contribution < -0.4 is 16.1 Å². The number of hydroxylamine groups is 1. The van der Waals surface area contributed by atoms with Gasteiger partial charge in [-0.1, -0.05) is 26.7 Å². The minimum Gasteiger partial charge on any atom is -0.393 e. The summed E-state index contributed by atoms with van der Waals surface area (Å²) in [5, 5.41) is 23.4. The van der Waals surface area contributed by atoms with E-state index in [0.29, 0.717) is 43.2 Å². The molecule has 0 aliphatic carbocycles. The lowest BCUT2D eigenvalue weighted by atomic mass is 9.90. The molecule has 0 spiro atoms. The van der Waals surface area contributed by atoms with Crippen LogP contribution in [0.1, 0.15) is 69.2 Å². The molecule has 1 aromatic rings. The van der Waals surface area contributed by atoms with Crippen molar-refractivity contribution in [1.82, 2.24) is 10.8 Å². The van der Waals surface area contributed by atoms with E-state index in [1.165, 1.54) is 0 Å². The zero-order chi connectivity index (χ0) is 23.3. The number of aliphatic hydroxyl groups is 1. The monoisotopic (exact) mass is 435 g/mol. The van der Waals surface area contributed by atoms with Gasteiger partial charge in [-0.05, 0) is 49.4 Å². The van der Waals surface area contributed by atoms with Gasteiger partial charge in [-0.3, -0.25) is 19.6 Å². The van der Waals surface area contributed by atoms with E-state index in [0.717, 1.165) is 12.8 Å². The molecule has 1 atom stereocenters. The Bertz CT molecular complexity index is 735. The second kappa shape index (κ2) is 13.5. The van der Waals surface area contributed by atoms with Gasteiger partial charge < -0.3 is 20.5 Å². The first-order valence-corrected chi connectivity index (χ1v) is 10.5. The minimum absolute atomic E-state index is 0.107. The molecule has 0 bridgehead atoms. The number of amides is 3. The van der Waals surface area contributed by atoms with Crippen molar-refractivity contribution < 1.29 is 29.5 Å². The third kappa shape index (κ3) is 9.71. The lowest BCUT2D eigenvalue weighted by Crippen LogP contribution is -2.53. The zero-order valence-corrected chi connectivity index (χ0v) is 18.1. The molecular formula is C22H33N3O6. The van der Waals surface area contributed by atoms with Crippen LogP contribution in [0, 0.1) is 5.92 Å². The van der Waals surface area contributed by atoms with Gasteiger partial charge in [-0.2, -0.15) is 0 Å². The fourth-order valence-corrected chi connectivity index (χ4v) is 3.21. The highest BCUT2D eigenvalue weighted by atomic mass is 16.5. The third-order valence-electron chi connectivity index (χ3n) is 4.76. The SMILES string of the molecule is CC(C)C[C@](C=O)(CO)NC(=O)c1ccc(NC(=O)CCCCCCC(=O)NO)cc1. The molecule has 0 aromatic heterocycles. The Morgan fingerprint density at radius 3 is 2.06 bits per heavy atom. The fraction of sp³-hybridized carbons (Fsp3) is 0.545. The van der Waals surface area contributed by atoms with Crippen molar-refractivity contribution in [2.24, 2.45) is 5.92 Å². The Morgan fingerprint density at radius 1 is 1.00 bits per heavy atom. The molecule has 0 saturated carbocycles. The van der Waals surface area contributed by atoms with E-state index in [9.17, 15) is 24.3 Å². The Kier molecular flexibility index (Phi) is 11.4. The van der Waals surface area contributed by atoms with Gasteiger partial charge >= 0.3 is 0 Å². The molecule has 0 unspecified atom stereocenters. The third-order valence-corrected chi connectivity index (χ3v) is 4.76. The second-order valence-corrected chi connectivity index (χ2v) is 8.06. The molecule has 0 heterocycles. The molecule has 0 aliphatic heterocycles. The van der Waals surface area contributed by atoms with Crippen molar-refractivity contribution >= 4 is 29.7 Å². The number of aldehydes is 1. The van der Waals surface area contributed by atoms with Crippen molar-refractivity contribution in [2.45, 2.75) is 64.3 Å². The largest absolute Gasteiger partial charge is 0.393 e. The number of rotatable bonds is 14. The first-order valence-electron chi connectivity index (χ1n) is 10.5. The smallest absolute Gasteiger partial charge is 0.252 e. The summed E-state index contributed by atoms with van der Waals surface area (Å²) in [5.41, 5.74) is 1.12. The number of carbonyl (C=O) groups is 4. The minimum atomic E-state index is -1.32. The number of aliphatic hydroxyl groups excluding tert-OH is 1. The standard InChI is InChI=1S/C22H33N3O6/c1-16(2)13-22(14-26,15-27)24-21(30)17-9-11-18(12-10-17)23-19(28)7-5-3-4-6-8-20(29)25-31/h9-12,14,16,27,31H,3-8,13,15H2,1-2H3,(H,23,28)(H,24,30)(H,25,29)/t22-/m0/s1. The second-order valence-electron chi connectivity index (χ2n) is 8.06. The average molecular weight is 436 g/mol. The van der Waals surface area contributed by atoms with Crippen LogP contribution >= 0.6 is 0 Å². The van der Waals surface area contributed by atoms with Crippen LogP contribution in [0.15, 0.2) is 24.3 Å². The Labute approximate surface area is 182 Å². The van der Waals surface area contributed by atoms with Gasteiger partial charge in [-0.15, -0.1) is 0 Å². The predicted molar refractivity (Wildman–Crippen MR) is 116 cm³/mol. The topological polar surface area (TPSA) is 145 Å². The number of unbranched alkanes of at least 4 members (excludes halogenated alkanes) is 3. The molecule has 1 rings (SSSR count). The average Bonchev–Trinajstić information content (AvgIpc) is 2.75. The van der Waals surface area contributed by atoms with E-state index in [2.05, 4.69) is 10.6 Å². The lowest BCUT2D eigenvalue weighted by Gasteiger charge is -2.28. The van der Waals surface area contributed by atoms with Crippen LogP contribution in [0.25, 0.3) is 0 Å². The molecule has 5 N–H and O–H groups in total. The zero-order valence-electron chi connectivity index (χ0n) is 18.1. The van der Waals surface area contributed by atoms with Crippen LogP contribution in [0.5, 0.6) is 0 Å². The summed E-state index contributed by atoms with van der Waals surface area (Å²) < 4.78 is 0. The molecule has 31 heavy (non-hydrogen) atoms. The highest BCUT2D eigenvalue weighted by molar-refractivity contribution is 5.97. The Morgan fingerprint density at radius 2 is 1.58 bits per heavy atom. The van der Waals surface area contributed by atoms with E-state index in [1.807, 2.05) is 13.8 Å². The molecule has 0 radical (unpaired) electrons. The molecule has 0 saturated heterocycles. The maximum absolute atomic E-state index is 12.5. The normalized spacial score (nSPS) is 12.7. The molecule has 9 nitrogen and oxygen atoms in total. The van der Waals surface area contributed by atoms with Gasteiger partial charge in [0.05, 0.1) is 6.61 Å². The Hall–Kier alpha value is -2.78. The van der Waals surface area contributed by atoms with Gasteiger partial charge in [0.1, 0.15) is 11.8 Å². The van der Waals surface area contributed by atoms with Crippen LogP contribution in [0.3, 0.4) is 0 Å². The van der Waals surface area contributed by atoms with Gasteiger partial charge in [-0.25, -0.2) is 5.48 Å². The van der Waals surface area contributed by atoms with E-state index < -0.39 is 24.0 Å². The number of hydrogen-bond acceptors (Lipinski definition) is 6. The maximum Gasteiger partial charge on any atom is 0.252 e. The predicted octanol–water partition coefficient (Wildman–Crippen LogP) is 2.18. The number of hydrogen-bond donors (Lipinski definition) is 5. The quantitative estimate of drug-likeness (QED) is 0.131. The number of benzene rings is 1. The molecule has 3 amide bonds. The number of carbonyl (C=O) groups excluding carboxylic acids is 4. The highest BCUT2D eigenvalue weighted by Crippen LogP contribution is 2.17. The van der Waals surface area contributed by atoms with Crippen molar-refractivity contribution in [3.8, 4) is 0 Å². The van der Waals surface area contributed by atoms with E-state index >= 15 is 0 Å². The van der Waals surface area contributed by atoms with Crippen LogP contribution in [-0.4, -0.2) is 46.5 Å². The summed E-state index contributed by atoms with van der Waals surface area (Å²) >= 11 is 0. The fourth-order valence-electron chi connectivity index (χ4n) is 3.21. The van der Waals surface area contributed by atoms with Crippen molar-refractivity contribution in [3.05, 3.63) is 29.8 Å². The highest BCUT2D eigenvalue weighted by Gasteiger charge is 2.32. The molecule has 0 aliphatic rings. The van der Waals surface area contributed by atoms with Gasteiger partial charge in [0.15, 0.2) is 0 Å². The first kappa shape index (κ1) is 26.3. The van der Waals surface area contributed by atoms with Crippen molar-refractivity contribution in [2.75, 3.05) is 11.9 Å². The van der Waals surface area contributed by atoms with Crippen LogP contribution in [0.2, 0.25) is 0 Å². The number of nitrogens with one attached hydrogen (secondary N) is 3. The summed E-state index contributed by atoms with van der Waals surface area (Å²) in [7, 11) is 0. The molecular weight excluding hydrogens is 402 g/mol. The van der Waals surface area contributed by atoms with Gasteiger partial charge in [0, 0.05) is 24.1 Å². The van der Waals surface area contributed by atoms with Gasteiger partial charge in [0.2, 0.25) is 11.8 Å². The van der Waals surface area contributed by atoms with Crippen LogP contribution in [-0.2, 0) is 14.4 Å². The van der Waals surface area contributed by atoms with Crippen molar-refractivity contribution in [1.29, 1.82) is 0 Å². The summed E-state index contributed by atoms with van der Waals surface area (Å²) in [6.07, 6.45) is 4.40. The Balaban J connectivity index is 2.48. The summed E-state index contributed by atoms with van der Waals surface area (Å²) in [6.45, 7) is 3.31. The summed E-state index contributed by atoms with van der Waals surface area (Å²) in [4.78, 5) is 46.9. The molecule has 0 fully saturated rings. The summed E-state index contributed by atoms with van der Waals surface area (Å²) in [6, 6.07) is 6.29. The molecule has 9 heteroatoms. The number of anilines is 1. The summed E-state index contributed by atoms with van der Waals surface area (Å²) in [5.74, 6) is -0.935. The van der Waals surface area contributed by atoms with E-state index in [-0.39, 0.29) is 18.2 Å². The van der Waals surface area contributed by atoms with Crippen molar-refractivity contribution in [3.63, 3.8) is 0 Å². The van der Waals surface area contributed by atoms with E-state index in [1.54, 1.807) is 29.7 Å². The van der Waals surface area contributed by atoms with Crippen LogP contribution in [0.4, 0.5) is 5.69 Å². The van der Waals surface area contributed by atoms with Gasteiger partial charge in [0.25, 0.3) is 5.91 Å². The lowest BCUT2D eigenvalue weighted by molar-refractivity contribution is -0.129. The first-order chi connectivity index (χ1) is 14.7. The molecule has 1 aromatic carbocycles.